The Labute approximate surface area is 343 Å². The molecule has 0 aliphatic carbocycles. The summed E-state index contributed by atoms with van der Waals surface area (Å²) >= 11 is 18.5. The van der Waals surface area contributed by atoms with E-state index in [4.69, 9.17) is 63.2 Å². The molecule has 54 heavy (non-hydrogen) atoms. The lowest BCUT2D eigenvalue weighted by atomic mass is 9.83. The summed E-state index contributed by atoms with van der Waals surface area (Å²) in [5.41, 5.74) is 2.77. The standard InChI is InChI=1S/C38H44Cl3N3O8.2ClH/c1-37(2,38(39,40)41)52-36(46)44-28-19-29(30(31(44)22-42-21-28)24-51-35(45)18-25-10-5-7-12-32(25)47-3)26-14-15-34(43-20-26)50-17-9-16-49-23-27-11-6-8-13-33(27)48-4;;/h5-8,10-15,20,28,31,42H,9,16-19,21-24H2,1-4H3;2*1H. The minimum Gasteiger partial charge on any atom is -0.496 e. The lowest BCUT2D eigenvalue weighted by Crippen LogP contribution is -2.63. The number of para-hydroxylation sites is 2. The maximum Gasteiger partial charge on any atom is 0.411 e. The van der Waals surface area contributed by atoms with Gasteiger partial charge in [0.25, 0.3) is 0 Å². The Morgan fingerprint density at radius 1 is 0.889 bits per heavy atom. The number of fused-ring (bicyclic) bond motifs is 2. The van der Waals surface area contributed by atoms with Crippen LogP contribution in [0.1, 0.15) is 43.4 Å². The first-order chi connectivity index (χ1) is 24.9. The van der Waals surface area contributed by atoms with Crippen molar-refractivity contribution in [2.45, 2.75) is 61.2 Å². The fourth-order valence-electron chi connectivity index (χ4n) is 6.16. The normalized spacial score (nSPS) is 16.8. The molecular weight excluding hydrogens is 804 g/mol. The molecule has 2 atom stereocenters. The molecule has 1 fully saturated rings. The molecule has 1 saturated heterocycles. The molecule has 0 saturated carbocycles. The van der Waals surface area contributed by atoms with E-state index in [9.17, 15) is 9.59 Å². The first-order valence-electron chi connectivity index (χ1n) is 17.0. The summed E-state index contributed by atoms with van der Waals surface area (Å²) in [5.74, 6) is 1.41. The SMILES string of the molecule is COc1ccccc1COCCCOc1ccc(C2=C(COC(=O)Cc3ccccc3OC)C3CNCC(C2)N3C(=O)OC(C)(C)C(Cl)(Cl)Cl)cn1.Cl.Cl. The zero-order valence-electron chi connectivity index (χ0n) is 30.5. The van der Waals surface area contributed by atoms with Gasteiger partial charge in [-0.15, -0.1) is 24.8 Å². The Morgan fingerprint density at radius 3 is 2.20 bits per heavy atom. The van der Waals surface area contributed by atoms with E-state index in [1.165, 1.54) is 0 Å². The van der Waals surface area contributed by atoms with Gasteiger partial charge in [-0.2, -0.15) is 0 Å². The van der Waals surface area contributed by atoms with Crippen molar-refractivity contribution >= 4 is 77.3 Å². The molecule has 3 heterocycles. The van der Waals surface area contributed by atoms with Crippen molar-refractivity contribution < 1.29 is 38.0 Å². The van der Waals surface area contributed by atoms with E-state index in [1.54, 1.807) is 45.2 Å². The zero-order chi connectivity index (χ0) is 37.3. The maximum absolute atomic E-state index is 13.7. The molecule has 5 rings (SSSR count). The third kappa shape index (κ3) is 11.4. The van der Waals surface area contributed by atoms with Crippen molar-refractivity contribution in [2.75, 3.05) is 47.1 Å². The minimum absolute atomic E-state index is 0. The first-order valence-corrected chi connectivity index (χ1v) is 18.1. The van der Waals surface area contributed by atoms with Crippen LogP contribution in [-0.2, 0) is 32.0 Å². The number of carbonyl (C=O) groups is 2. The highest BCUT2D eigenvalue weighted by atomic mass is 35.6. The molecule has 2 aromatic carbocycles. The van der Waals surface area contributed by atoms with Crippen LogP contribution in [0, 0.1) is 0 Å². The largest absolute Gasteiger partial charge is 0.496 e. The second-order valence-corrected chi connectivity index (χ2v) is 15.2. The molecule has 11 nitrogen and oxygen atoms in total. The molecule has 1 aromatic heterocycles. The Morgan fingerprint density at radius 2 is 1.56 bits per heavy atom. The van der Waals surface area contributed by atoms with Crippen LogP contribution >= 0.6 is 59.6 Å². The van der Waals surface area contributed by atoms with Gasteiger partial charge in [0.2, 0.25) is 9.67 Å². The van der Waals surface area contributed by atoms with Crippen molar-refractivity contribution in [1.29, 1.82) is 0 Å². The number of benzene rings is 2. The van der Waals surface area contributed by atoms with Gasteiger partial charge in [0.1, 0.15) is 18.1 Å². The van der Waals surface area contributed by atoms with Gasteiger partial charge in [-0.25, -0.2) is 9.78 Å². The number of esters is 1. The monoisotopic (exact) mass is 847 g/mol. The van der Waals surface area contributed by atoms with E-state index in [0.717, 1.165) is 28.0 Å². The fraction of sp³-hybridized carbons (Fsp3) is 0.447. The fourth-order valence-corrected chi connectivity index (χ4v) is 6.27. The van der Waals surface area contributed by atoms with Crippen LogP contribution in [0.4, 0.5) is 4.79 Å². The number of amides is 1. The summed E-state index contributed by atoms with van der Waals surface area (Å²) in [4.78, 5) is 33.1. The van der Waals surface area contributed by atoms with Gasteiger partial charge in [0, 0.05) is 42.9 Å². The average molecular weight is 850 g/mol. The second-order valence-electron chi connectivity index (χ2n) is 12.9. The van der Waals surface area contributed by atoms with Gasteiger partial charge in [-0.05, 0) is 55.2 Å². The van der Waals surface area contributed by atoms with Gasteiger partial charge in [-0.3, -0.25) is 9.69 Å². The van der Waals surface area contributed by atoms with E-state index in [-0.39, 0.29) is 43.9 Å². The van der Waals surface area contributed by atoms with Crippen molar-refractivity contribution in [3.05, 3.63) is 89.1 Å². The Bertz CT molecular complexity index is 1720. The van der Waals surface area contributed by atoms with Crippen LogP contribution in [0.2, 0.25) is 0 Å². The molecular formula is C38H46Cl5N3O8. The van der Waals surface area contributed by atoms with Crippen LogP contribution in [0.5, 0.6) is 17.4 Å². The molecule has 1 N–H and O–H groups in total. The number of hydrogen-bond donors (Lipinski definition) is 1. The third-order valence-corrected chi connectivity index (χ3v) is 10.4. The zero-order valence-corrected chi connectivity index (χ0v) is 34.4. The highest BCUT2D eigenvalue weighted by Crippen LogP contribution is 2.42. The number of alkyl halides is 3. The number of piperazine rings is 1. The van der Waals surface area contributed by atoms with Gasteiger partial charge < -0.3 is 33.7 Å². The van der Waals surface area contributed by atoms with Crippen molar-refractivity contribution in [3.8, 4) is 17.4 Å². The molecule has 2 aliphatic rings. The van der Waals surface area contributed by atoms with Crippen LogP contribution in [0.15, 0.2) is 72.4 Å². The summed E-state index contributed by atoms with van der Waals surface area (Å²) in [7, 11) is 3.19. The average Bonchev–Trinajstić information content (AvgIpc) is 3.12. The molecule has 296 valence electrons. The number of rotatable bonds is 15. The lowest BCUT2D eigenvalue weighted by molar-refractivity contribution is -0.142. The van der Waals surface area contributed by atoms with E-state index in [0.29, 0.717) is 62.9 Å². The molecule has 0 radical (unpaired) electrons. The molecule has 3 aromatic rings. The molecule has 2 bridgehead atoms. The van der Waals surface area contributed by atoms with E-state index in [2.05, 4.69) is 10.3 Å². The van der Waals surface area contributed by atoms with Crippen LogP contribution in [0.3, 0.4) is 0 Å². The summed E-state index contributed by atoms with van der Waals surface area (Å²) in [6, 6.07) is 18.0. The predicted octanol–water partition coefficient (Wildman–Crippen LogP) is 7.80. The lowest BCUT2D eigenvalue weighted by Gasteiger charge is -2.48. The predicted molar refractivity (Wildman–Crippen MR) is 214 cm³/mol. The maximum atomic E-state index is 13.7. The topological polar surface area (TPSA) is 118 Å². The van der Waals surface area contributed by atoms with E-state index < -0.39 is 27.5 Å². The van der Waals surface area contributed by atoms with Crippen molar-refractivity contribution in [1.82, 2.24) is 15.2 Å². The summed E-state index contributed by atoms with van der Waals surface area (Å²) in [6.07, 6.45) is 2.24. The highest BCUT2D eigenvalue weighted by Gasteiger charge is 2.48. The smallest absolute Gasteiger partial charge is 0.411 e. The van der Waals surface area contributed by atoms with Gasteiger partial charge in [0.15, 0.2) is 5.60 Å². The van der Waals surface area contributed by atoms with E-state index in [1.807, 2.05) is 54.6 Å². The first kappa shape index (κ1) is 45.2. The molecule has 1 amide bonds. The third-order valence-electron chi connectivity index (χ3n) is 9.05. The van der Waals surface area contributed by atoms with E-state index >= 15 is 0 Å². The molecule has 0 spiro atoms. The molecule has 16 heteroatoms. The number of nitrogens with one attached hydrogen (secondary N) is 1. The number of methoxy groups -OCH3 is 2. The van der Waals surface area contributed by atoms with Crippen LogP contribution in [0.25, 0.3) is 5.57 Å². The van der Waals surface area contributed by atoms with Crippen molar-refractivity contribution in [3.63, 3.8) is 0 Å². The van der Waals surface area contributed by atoms with Crippen LogP contribution < -0.4 is 19.5 Å². The number of hydrogen-bond acceptors (Lipinski definition) is 10. The van der Waals surface area contributed by atoms with Crippen molar-refractivity contribution in [2.24, 2.45) is 0 Å². The quantitative estimate of drug-likeness (QED) is 0.0923. The number of halogens is 5. The number of pyridine rings is 1. The summed E-state index contributed by atoms with van der Waals surface area (Å²) in [6.45, 7) is 5.32. The number of carbonyl (C=O) groups excluding carboxylic acids is 2. The highest BCUT2D eigenvalue weighted by molar-refractivity contribution is 6.68. The molecule has 2 aliphatic heterocycles. The molecule has 2 unspecified atom stereocenters. The Hall–Kier alpha value is -3.16. The number of ether oxygens (including phenoxy) is 6. The minimum atomic E-state index is -1.86. The van der Waals surface area contributed by atoms with Gasteiger partial charge in [0.05, 0.1) is 52.5 Å². The second kappa shape index (κ2) is 20.7. The summed E-state index contributed by atoms with van der Waals surface area (Å²) in [5, 5.41) is 3.40. The van der Waals surface area contributed by atoms with Gasteiger partial charge in [-0.1, -0.05) is 71.2 Å². The Balaban J connectivity index is 0.00000392. The summed E-state index contributed by atoms with van der Waals surface area (Å²) < 4.78 is 32.3. The number of nitrogens with zero attached hydrogens (tertiary/aromatic N) is 2. The Kier molecular flexibility index (Phi) is 17.3. The number of aromatic nitrogens is 1. The van der Waals surface area contributed by atoms with Gasteiger partial charge >= 0.3 is 12.1 Å². The van der Waals surface area contributed by atoms with Crippen LogP contribution in [-0.4, -0.2) is 90.6 Å².